The Morgan fingerprint density at radius 2 is 1.76 bits per heavy atom. The minimum atomic E-state index is 0.171. The molecule has 0 saturated carbocycles. The maximum atomic E-state index is 5.68. The van der Waals surface area contributed by atoms with Gasteiger partial charge in [0.2, 0.25) is 0 Å². The number of hydrogen-bond donors (Lipinski definition) is 1. The van der Waals surface area contributed by atoms with E-state index in [2.05, 4.69) is 26.1 Å². The van der Waals surface area contributed by atoms with Gasteiger partial charge in [0.25, 0.3) is 0 Å². The lowest BCUT2D eigenvalue weighted by Gasteiger charge is -2.20. The first-order chi connectivity index (χ1) is 8.03. The van der Waals surface area contributed by atoms with Gasteiger partial charge in [0.1, 0.15) is 0 Å². The summed E-state index contributed by atoms with van der Waals surface area (Å²) in [5.74, 6) is 1.60. The van der Waals surface area contributed by atoms with E-state index in [-0.39, 0.29) is 5.54 Å². The third kappa shape index (κ3) is 5.59. The highest BCUT2D eigenvalue weighted by Crippen LogP contribution is 2.25. The van der Waals surface area contributed by atoms with E-state index in [1.54, 1.807) is 7.11 Å². The zero-order valence-electron chi connectivity index (χ0n) is 11.2. The maximum Gasteiger partial charge on any atom is 0.161 e. The van der Waals surface area contributed by atoms with E-state index in [1.165, 1.54) is 0 Å². The fourth-order valence-corrected chi connectivity index (χ4v) is 1.46. The summed E-state index contributed by atoms with van der Waals surface area (Å²) in [5.41, 5.74) is 0.171. The van der Waals surface area contributed by atoms with Crippen molar-refractivity contribution >= 4 is 0 Å². The van der Waals surface area contributed by atoms with Crippen LogP contribution in [0.1, 0.15) is 27.2 Å². The van der Waals surface area contributed by atoms with Crippen LogP contribution in [0.5, 0.6) is 11.5 Å². The van der Waals surface area contributed by atoms with Crippen LogP contribution in [0.3, 0.4) is 0 Å². The minimum absolute atomic E-state index is 0.171. The fraction of sp³-hybridized carbons (Fsp3) is 0.571. The molecule has 0 amide bonds. The van der Waals surface area contributed by atoms with Gasteiger partial charge in [0, 0.05) is 5.54 Å². The van der Waals surface area contributed by atoms with Crippen molar-refractivity contribution in [3.63, 3.8) is 0 Å². The predicted octanol–water partition coefficient (Wildman–Crippen LogP) is 2.85. The molecule has 0 atom stereocenters. The van der Waals surface area contributed by atoms with Crippen LogP contribution >= 0.6 is 0 Å². The highest BCUT2D eigenvalue weighted by atomic mass is 16.5. The zero-order chi connectivity index (χ0) is 12.7. The number of nitrogens with one attached hydrogen (secondary N) is 1. The van der Waals surface area contributed by atoms with Crippen molar-refractivity contribution in [1.82, 2.24) is 5.32 Å². The lowest BCUT2D eigenvalue weighted by atomic mass is 10.1. The molecule has 96 valence electrons. The molecule has 3 heteroatoms. The smallest absolute Gasteiger partial charge is 0.161 e. The quantitative estimate of drug-likeness (QED) is 0.772. The second-order valence-electron chi connectivity index (χ2n) is 5.03. The standard InChI is InChI=1S/C14H23NO2/c1-14(2,3)15-10-7-11-17-13-9-6-5-8-12(13)16-4/h5-6,8-9,15H,7,10-11H2,1-4H3. The molecule has 0 aliphatic rings. The summed E-state index contributed by atoms with van der Waals surface area (Å²) in [6.45, 7) is 8.14. The highest BCUT2D eigenvalue weighted by Gasteiger charge is 2.07. The van der Waals surface area contributed by atoms with E-state index < -0.39 is 0 Å². The SMILES string of the molecule is COc1ccccc1OCCCNC(C)(C)C. The first-order valence-corrected chi connectivity index (χ1v) is 6.04. The van der Waals surface area contributed by atoms with E-state index in [0.29, 0.717) is 6.61 Å². The molecule has 1 rings (SSSR count). The molecule has 17 heavy (non-hydrogen) atoms. The Bertz CT molecular complexity index is 331. The second kappa shape index (κ2) is 6.50. The Morgan fingerprint density at radius 3 is 2.35 bits per heavy atom. The largest absolute Gasteiger partial charge is 0.493 e. The first kappa shape index (κ1) is 13.8. The average molecular weight is 237 g/mol. The molecule has 1 aromatic rings. The normalized spacial score (nSPS) is 11.3. The van der Waals surface area contributed by atoms with Gasteiger partial charge >= 0.3 is 0 Å². The molecule has 0 unspecified atom stereocenters. The Hall–Kier alpha value is -1.22. The van der Waals surface area contributed by atoms with Crippen LogP contribution in [0.15, 0.2) is 24.3 Å². The van der Waals surface area contributed by atoms with Gasteiger partial charge in [-0.3, -0.25) is 0 Å². The monoisotopic (exact) mass is 237 g/mol. The molecule has 0 bridgehead atoms. The van der Waals surface area contributed by atoms with Gasteiger partial charge in [-0.05, 0) is 45.9 Å². The Labute approximate surface area is 104 Å². The van der Waals surface area contributed by atoms with Gasteiger partial charge in [0.15, 0.2) is 11.5 Å². The molecule has 0 saturated heterocycles. The molecule has 0 radical (unpaired) electrons. The lowest BCUT2D eigenvalue weighted by molar-refractivity contribution is 0.281. The summed E-state index contributed by atoms with van der Waals surface area (Å²) in [5, 5.41) is 3.43. The summed E-state index contributed by atoms with van der Waals surface area (Å²) >= 11 is 0. The van der Waals surface area contributed by atoms with Crippen molar-refractivity contribution in [3.05, 3.63) is 24.3 Å². The molecule has 1 N–H and O–H groups in total. The van der Waals surface area contributed by atoms with Gasteiger partial charge in [-0.2, -0.15) is 0 Å². The molecule has 0 aliphatic heterocycles. The van der Waals surface area contributed by atoms with Crippen LogP contribution in [0.2, 0.25) is 0 Å². The number of para-hydroxylation sites is 2. The van der Waals surface area contributed by atoms with E-state index >= 15 is 0 Å². The third-order valence-corrected chi connectivity index (χ3v) is 2.30. The average Bonchev–Trinajstić information content (AvgIpc) is 2.27. The molecule has 1 aromatic carbocycles. The Morgan fingerprint density at radius 1 is 1.12 bits per heavy atom. The number of ether oxygens (including phenoxy) is 2. The Balaban J connectivity index is 2.27. The van der Waals surface area contributed by atoms with Crippen molar-refractivity contribution < 1.29 is 9.47 Å². The fourth-order valence-electron chi connectivity index (χ4n) is 1.46. The van der Waals surface area contributed by atoms with Crippen molar-refractivity contribution in [2.24, 2.45) is 0 Å². The van der Waals surface area contributed by atoms with Crippen molar-refractivity contribution in [1.29, 1.82) is 0 Å². The van der Waals surface area contributed by atoms with E-state index in [0.717, 1.165) is 24.5 Å². The van der Waals surface area contributed by atoms with Crippen LogP contribution < -0.4 is 14.8 Å². The molecular formula is C14H23NO2. The second-order valence-corrected chi connectivity index (χ2v) is 5.03. The number of benzene rings is 1. The molecular weight excluding hydrogens is 214 g/mol. The van der Waals surface area contributed by atoms with Gasteiger partial charge < -0.3 is 14.8 Å². The van der Waals surface area contributed by atoms with Crippen LogP contribution in [0.25, 0.3) is 0 Å². The van der Waals surface area contributed by atoms with Gasteiger partial charge in [-0.1, -0.05) is 12.1 Å². The van der Waals surface area contributed by atoms with Gasteiger partial charge in [-0.15, -0.1) is 0 Å². The topological polar surface area (TPSA) is 30.5 Å². The van der Waals surface area contributed by atoms with Crippen molar-refractivity contribution in [2.75, 3.05) is 20.3 Å². The molecule has 3 nitrogen and oxygen atoms in total. The third-order valence-electron chi connectivity index (χ3n) is 2.30. The summed E-state index contributed by atoms with van der Waals surface area (Å²) in [6.07, 6.45) is 0.981. The summed E-state index contributed by atoms with van der Waals surface area (Å²) in [4.78, 5) is 0. The van der Waals surface area contributed by atoms with E-state index in [1.807, 2.05) is 24.3 Å². The van der Waals surface area contributed by atoms with Gasteiger partial charge in [0.05, 0.1) is 13.7 Å². The van der Waals surface area contributed by atoms with E-state index in [9.17, 15) is 0 Å². The zero-order valence-corrected chi connectivity index (χ0v) is 11.2. The molecule has 0 aliphatic carbocycles. The first-order valence-electron chi connectivity index (χ1n) is 6.04. The molecule has 0 heterocycles. The number of rotatable bonds is 6. The van der Waals surface area contributed by atoms with Crippen LogP contribution in [-0.4, -0.2) is 25.8 Å². The van der Waals surface area contributed by atoms with Crippen molar-refractivity contribution in [2.45, 2.75) is 32.7 Å². The predicted molar refractivity (Wildman–Crippen MR) is 70.9 cm³/mol. The molecule has 0 spiro atoms. The maximum absolute atomic E-state index is 5.68. The molecule has 0 aromatic heterocycles. The minimum Gasteiger partial charge on any atom is -0.493 e. The van der Waals surface area contributed by atoms with Crippen LogP contribution in [0.4, 0.5) is 0 Å². The van der Waals surface area contributed by atoms with Gasteiger partial charge in [-0.25, -0.2) is 0 Å². The highest BCUT2D eigenvalue weighted by molar-refractivity contribution is 5.39. The van der Waals surface area contributed by atoms with Crippen LogP contribution in [0, 0.1) is 0 Å². The summed E-state index contributed by atoms with van der Waals surface area (Å²) < 4.78 is 10.9. The Kier molecular flexibility index (Phi) is 5.29. The number of methoxy groups -OCH3 is 1. The number of hydrogen-bond acceptors (Lipinski definition) is 3. The molecule has 0 fully saturated rings. The van der Waals surface area contributed by atoms with Crippen LogP contribution in [-0.2, 0) is 0 Å². The van der Waals surface area contributed by atoms with Crippen molar-refractivity contribution in [3.8, 4) is 11.5 Å². The summed E-state index contributed by atoms with van der Waals surface area (Å²) in [7, 11) is 1.66. The summed E-state index contributed by atoms with van der Waals surface area (Å²) in [6, 6.07) is 7.72. The van der Waals surface area contributed by atoms with E-state index in [4.69, 9.17) is 9.47 Å². The lowest BCUT2D eigenvalue weighted by Crippen LogP contribution is -2.36.